The number of nitrogens with zero attached hydrogens (tertiary/aromatic N) is 5. The number of benzene rings is 4. The third-order valence-corrected chi connectivity index (χ3v) is 14.3. The maximum Gasteiger partial charge on any atom is 0.268 e. The summed E-state index contributed by atoms with van der Waals surface area (Å²) in [7, 11) is -7.54. The van der Waals surface area contributed by atoms with Crippen molar-refractivity contribution in [2.45, 2.75) is 44.0 Å². The minimum Gasteiger partial charge on any atom is -0.278 e. The van der Waals surface area contributed by atoms with Crippen molar-refractivity contribution in [2.24, 2.45) is 0 Å². The normalized spacial score (nSPS) is 13.1. The minimum atomic E-state index is -3.99. The molecule has 14 nitrogen and oxygen atoms in total. The van der Waals surface area contributed by atoms with E-state index in [0.717, 1.165) is 30.2 Å². The second-order valence-corrected chi connectivity index (χ2v) is 19.6. The number of anilines is 1. The van der Waals surface area contributed by atoms with Gasteiger partial charge in [0, 0.05) is 29.2 Å². The van der Waals surface area contributed by atoms with Crippen LogP contribution in [-0.2, 0) is 26.6 Å². The van der Waals surface area contributed by atoms with Gasteiger partial charge in [-0.2, -0.15) is 0 Å². The number of hydrogen-bond acceptors (Lipinski definition) is 10. The van der Waals surface area contributed by atoms with Crippen LogP contribution in [0.5, 0.6) is 0 Å². The Morgan fingerprint density at radius 2 is 1.08 bits per heavy atom. The van der Waals surface area contributed by atoms with Gasteiger partial charge >= 0.3 is 0 Å². The fourth-order valence-electron chi connectivity index (χ4n) is 7.01. The Morgan fingerprint density at radius 1 is 0.615 bits per heavy atom. The van der Waals surface area contributed by atoms with Gasteiger partial charge in [0.2, 0.25) is 0 Å². The molecule has 328 valence electrons. The van der Waals surface area contributed by atoms with E-state index in [-0.39, 0.29) is 34.7 Å². The Kier molecular flexibility index (Phi) is 13.2. The SMILES string of the molecule is C#CCN1C(=O)c2ccccc2C1=O.Cc1ccc(S(=O)(=O)Nc2cc(C)ncc2I)cc1.Cc1ccc(S(=O)(=O)n2c(CN3C(=O)c4ccccc4C3=O)cc3cnc(C)cc32)cc1. The fourth-order valence-corrected chi connectivity index (χ4v) is 10.2. The molecule has 0 saturated carbocycles. The fraction of sp³-hybridized carbons (Fsp3) is 0.125. The van der Waals surface area contributed by atoms with E-state index in [1.165, 1.54) is 3.97 Å². The molecule has 2 aliphatic heterocycles. The number of halogens is 1. The summed E-state index contributed by atoms with van der Waals surface area (Å²) in [6.07, 6.45) is 8.31. The summed E-state index contributed by atoms with van der Waals surface area (Å²) in [6, 6.07) is 31.7. The predicted molar refractivity (Wildman–Crippen MR) is 253 cm³/mol. The van der Waals surface area contributed by atoms with Crippen LogP contribution in [-0.4, -0.2) is 70.7 Å². The van der Waals surface area contributed by atoms with E-state index in [1.807, 2.05) is 20.8 Å². The van der Waals surface area contributed by atoms with E-state index >= 15 is 0 Å². The van der Waals surface area contributed by atoms with Gasteiger partial charge in [0.1, 0.15) is 0 Å². The molecular weight excluding hydrogens is 980 g/mol. The molecule has 0 spiro atoms. The van der Waals surface area contributed by atoms with Crippen molar-refractivity contribution >= 4 is 82.9 Å². The van der Waals surface area contributed by atoms with Gasteiger partial charge in [-0.1, -0.05) is 65.6 Å². The van der Waals surface area contributed by atoms with Crippen molar-refractivity contribution < 1.29 is 36.0 Å². The summed E-state index contributed by atoms with van der Waals surface area (Å²) in [5.41, 5.74) is 6.20. The standard InChI is InChI=1S/C24H19N3O4S.C13H13IN2O2S.C11H7NO2/c1-15-7-9-19(10-8-15)32(30,31)27-18(12-17-13-25-16(2)11-22(17)27)14-26-23(28)20-5-3-4-6-21(20)24(26)29;1-9-3-5-11(6-4-9)19(17,18)16-13-7-10(2)15-8-12(13)14;1-2-7-12-10(13)8-5-3-4-6-9(8)11(12)14/h3-13H,14H2,1-2H3;3-8H,1-2H3,(H,15,16);1,3-6H,7H2. The third kappa shape index (κ3) is 9.46. The second-order valence-electron chi connectivity index (χ2n) is 15.0. The zero-order valence-electron chi connectivity index (χ0n) is 35.3. The molecule has 0 bridgehead atoms. The van der Waals surface area contributed by atoms with Crippen LogP contribution in [0.4, 0.5) is 5.69 Å². The van der Waals surface area contributed by atoms with Crippen LogP contribution in [0, 0.1) is 43.6 Å². The highest BCUT2D eigenvalue weighted by atomic mass is 127. The van der Waals surface area contributed by atoms with Crippen LogP contribution in [0.15, 0.2) is 137 Å². The number of hydrogen-bond donors (Lipinski definition) is 1. The van der Waals surface area contributed by atoms with E-state index in [1.54, 1.807) is 135 Å². The molecule has 0 atom stereocenters. The molecular formula is C48H39IN6O8S2. The van der Waals surface area contributed by atoms with Gasteiger partial charge in [-0.15, -0.1) is 6.42 Å². The zero-order valence-corrected chi connectivity index (χ0v) is 39.1. The number of aryl methyl sites for hydroxylation is 4. The molecule has 5 heterocycles. The molecule has 2 aliphatic rings. The molecule has 0 fully saturated rings. The predicted octanol–water partition coefficient (Wildman–Crippen LogP) is 7.71. The van der Waals surface area contributed by atoms with Gasteiger partial charge in [-0.05, 0) is 117 Å². The highest BCUT2D eigenvalue weighted by molar-refractivity contribution is 14.1. The molecule has 0 saturated heterocycles. The second kappa shape index (κ2) is 18.6. The molecule has 65 heavy (non-hydrogen) atoms. The number of sulfonamides is 1. The summed E-state index contributed by atoms with van der Waals surface area (Å²) >= 11 is 2.05. The van der Waals surface area contributed by atoms with Gasteiger partial charge in [0.25, 0.3) is 43.7 Å². The summed E-state index contributed by atoms with van der Waals surface area (Å²) in [6.45, 7) is 7.25. The molecule has 1 N–H and O–H groups in total. The lowest BCUT2D eigenvalue weighted by molar-refractivity contribution is 0.0634. The van der Waals surface area contributed by atoms with Gasteiger partial charge < -0.3 is 0 Å². The average Bonchev–Trinajstić information content (AvgIpc) is 3.85. The van der Waals surface area contributed by atoms with Gasteiger partial charge in [0.05, 0.1) is 65.6 Å². The van der Waals surface area contributed by atoms with E-state index in [4.69, 9.17) is 6.42 Å². The number of carbonyl (C=O) groups excluding carboxylic acids is 4. The largest absolute Gasteiger partial charge is 0.278 e. The quantitative estimate of drug-likeness (QED) is 0.0899. The molecule has 3 aromatic heterocycles. The molecule has 0 unspecified atom stereocenters. The number of fused-ring (bicyclic) bond motifs is 3. The average molecular weight is 1020 g/mol. The lowest BCUT2D eigenvalue weighted by atomic mass is 10.1. The van der Waals surface area contributed by atoms with Gasteiger partial charge in [-0.25, -0.2) is 20.8 Å². The number of nitrogens with one attached hydrogen (secondary N) is 1. The van der Waals surface area contributed by atoms with Crippen molar-refractivity contribution in [2.75, 3.05) is 11.3 Å². The summed E-state index contributed by atoms with van der Waals surface area (Å²) in [5, 5.41) is 0.609. The smallest absolute Gasteiger partial charge is 0.268 e. The number of amides is 4. The van der Waals surface area contributed by atoms with Gasteiger partial charge in [-0.3, -0.25) is 43.7 Å². The number of aromatic nitrogens is 3. The summed E-state index contributed by atoms with van der Waals surface area (Å²) in [5.74, 6) is 0.804. The molecule has 4 aromatic carbocycles. The van der Waals surface area contributed by atoms with E-state index in [9.17, 15) is 36.0 Å². The van der Waals surface area contributed by atoms with E-state index < -0.39 is 31.9 Å². The van der Waals surface area contributed by atoms with E-state index in [0.29, 0.717) is 50.2 Å². The van der Waals surface area contributed by atoms with Crippen molar-refractivity contribution in [3.63, 3.8) is 0 Å². The molecule has 9 rings (SSSR count). The number of carbonyl (C=O) groups is 4. The zero-order chi connectivity index (χ0) is 46.8. The van der Waals surface area contributed by atoms with Crippen molar-refractivity contribution in [3.8, 4) is 12.3 Å². The molecule has 7 aromatic rings. The van der Waals surface area contributed by atoms with Crippen LogP contribution >= 0.6 is 22.6 Å². The monoisotopic (exact) mass is 1020 g/mol. The van der Waals surface area contributed by atoms with Crippen LogP contribution in [0.25, 0.3) is 10.9 Å². The topological polar surface area (TPSA) is 186 Å². The molecule has 4 amide bonds. The van der Waals surface area contributed by atoms with Crippen LogP contribution < -0.4 is 4.72 Å². The maximum absolute atomic E-state index is 13.7. The third-order valence-electron chi connectivity index (χ3n) is 10.3. The number of pyridine rings is 2. The Bertz CT molecular complexity index is 3260. The number of terminal acetylenes is 1. The Morgan fingerprint density at radius 3 is 1.58 bits per heavy atom. The van der Waals surface area contributed by atoms with E-state index in [2.05, 4.69) is 43.2 Å². The molecule has 17 heteroatoms. The Hall–Kier alpha value is -7.01. The highest BCUT2D eigenvalue weighted by Gasteiger charge is 2.37. The Balaban J connectivity index is 0.000000162. The first-order chi connectivity index (χ1) is 30.9. The first-order valence-electron chi connectivity index (χ1n) is 19.8. The number of rotatable bonds is 8. The first-order valence-corrected chi connectivity index (χ1v) is 23.8. The summed E-state index contributed by atoms with van der Waals surface area (Å²) < 4.78 is 56.4. The Labute approximate surface area is 389 Å². The summed E-state index contributed by atoms with van der Waals surface area (Å²) in [4.78, 5) is 59.9. The van der Waals surface area contributed by atoms with Crippen molar-refractivity contribution in [1.82, 2.24) is 23.7 Å². The van der Waals surface area contributed by atoms with Gasteiger partial charge in [0.15, 0.2) is 0 Å². The van der Waals surface area contributed by atoms with Crippen molar-refractivity contribution in [3.05, 3.63) is 182 Å². The first kappa shape index (κ1) is 46.0. The minimum absolute atomic E-state index is 0.0341. The maximum atomic E-state index is 13.7. The van der Waals surface area contributed by atoms with Crippen molar-refractivity contribution in [1.29, 1.82) is 0 Å². The molecule has 0 aliphatic carbocycles. The van der Waals surface area contributed by atoms with Crippen LogP contribution in [0.2, 0.25) is 0 Å². The van der Waals surface area contributed by atoms with Crippen LogP contribution in [0.1, 0.15) is 69.6 Å². The molecule has 0 radical (unpaired) electrons. The lowest BCUT2D eigenvalue weighted by Gasteiger charge is -2.17. The lowest BCUT2D eigenvalue weighted by Crippen LogP contribution is -2.31. The van der Waals surface area contributed by atoms with Crippen LogP contribution in [0.3, 0.4) is 0 Å². The highest BCUT2D eigenvalue weighted by Crippen LogP contribution is 2.31. The number of imide groups is 2.